The monoisotopic (exact) mass is 161 g/mol. The molecule has 0 fully saturated rings. The van der Waals surface area contributed by atoms with E-state index in [0.29, 0.717) is 16.5 Å². The minimum atomic E-state index is 0.331. The summed E-state index contributed by atoms with van der Waals surface area (Å²) in [6.45, 7) is 8.72. The van der Waals surface area contributed by atoms with Crippen molar-refractivity contribution in [2.45, 2.75) is 50.7 Å². The summed E-state index contributed by atoms with van der Waals surface area (Å²) >= 11 is 1.98. The molecular weight excluding hydrogens is 142 g/mol. The van der Waals surface area contributed by atoms with Crippen LogP contribution in [-0.2, 0) is 0 Å². The summed E-state index contributed by atoms with van der Waals surface area (Å²) in [5.74, 6) is 0. The van der Waals surface area contributed by atoms with Gasteiger partial charge in [0.15, 0.2) is 0 Å². The maximum atomic E-state index is 5.77. The Balaban J connectivity index is 3.60. The van der Waals surface area contributed by atoms with E-state index in [0.717, 1.165) is 0 Å². The molecule has 0 aliphatic carbocycles. The van der Waals surface area contributed by atoms with E-state index in [9.17, 15) is 0 Å². The van der Waals surface area contributed by atoms with Crippen molar-refractivity contribution in [3.8, 4) is 0 Å². The van der Waals surface area contributed by atoms with Gasteiger partial charge >= 0.3 is 0 Å². The van der Waals surface area contributed by atoms with Gasteiger partial charge in [0, 0.05) is 11.3 Å². The zero-order chi connectivity index (χ0) is 8.15. The van der Waals surface area contributed by atoms with Gasteiger partial charge in [-0.1, -0.05) is 20.8 Å². The second-order valence-electron chi connectivity index (χ2n) is 2.99. The Bertz CT molecular complexity index is 81.3. The standard InChI is InChI=1S/C8H19NS/c1-5-8(7(4)9)10-6(2)3/h6-8H,5,9H2,1-4H3. The summed E-state index contributed by atoms with van der Waals surface area (Å²) in [7, 11) is 0. The van der Waals surface area contributed by atoms with Crippen LogP contribution in [0.4, 0.5) is 0 Å². The topological polar surface area (TPSA) is 26.0 Å². The van der Waals surface area contributed by atoms with Gasteiger partial charge in [-0.05, 0) is 18.6 Å². The second-order valence-corrected chi connectivity index (χ2v) is 4.81. The van der Waals surface area contributed by atoms with E-state index in [1.807, 2.05) is 11.8 Å². The molecule has 0 radical (unpaired) electrons. The third-order valence-corrected chi connectivity index (χ3v) is 3.09. The number of hydrogen-bond acceptors (Lipinski definition) is 2. The summed E-state index contributed by atoms with van der Waals surface area (Å²) in [5, 5.41) is 1.34. The Morgan fingerprint density at radius 2 is 1.80 bits per heavy atom. The molecule has 0 aromatic carbocycles. The van der Waals surface area contributed by atoms with Crippen LogP contribution >= 0.6 is 11.8 Å². The molecule has 0 saturated carbocycles. The molecule has 0 heterocycles. The lowest BCUT2D eigenvalue weighted by atomic mass is 10.2. The Hall–Kier alpha value is 0.310. The van der Waals surface area contributed by atoms with Crippen molar-refractivity contribution in [3.63, 3.8) is 0 Å². The quantitative estimate of drug-likeness (QED) is 0.684. The normalized spacial score (nSPS) is 17.4. The molecule has 0 saturated heterocycles. The minimum absolute atomic E-state index is 0.331. The maximum Gasteiger partial charge on any atom is 0.0196 e. The number of thioether (sulfide) groups is 1. The summed E-state index contributed by atoms with van der Waals surface area (Å²) in [5.41, 5.74) is 5.77. The van der Waals surface area contributed by atoms with E-state index >= 15 is 0 Å². The van der Waals surface area contributed by atoms with E-state index in [1.165, 1.54) is 6.42 Å². The highest BCUT2D eigenvalue weighted by Crippen LogP contribution is 2.21. The number of rotatable bonds is 4. The van der Waals surface area contributed by atoms with Gasteiger partial charge in [-0.25, -0.2) is 0 Å². The zero-order valence-corrected chi connectivity index (χ0v) is 8.24. The van der Waals surface area contributed by atoms with Gasteiger partial charge in [0.25, 0.3) is 0 Å². The summed E-state index contributed by atoms with van der Waals surface area (Å²) in [6, 6.07) is 0.331. The Kier molecular flexibility index (Phi) is 5.18. The van der Waals surface area contributed by atoms with Crippen LogP contribution in [0.5, 0.6) is 0 Å². The van der Waals surface area contributed by atoms with E-state index in [2.05, 4.69) is 27.7 Å². The molecule has 10 heavy (non-hydrogen) atoms. The molecule has 0 aromatic heterocycles. The first-order chi connectivity index (χ1) is 4.57. The lowest BCUT2D eigenvalue weighted by Crippen LogP contribution is -2.29. The van der Waals surface area contributed by atoms with Crippen molar-refractivity contribution < 1.29 is 0 Å². The largest absolute Gasteiger partial charge is 0.327 e. The molecule has 2 atom stereocenters. The highest BCUT2D eigenvalue weighted by molar-refractivity contribution is 8.00. The molecule has 0 amide bonds. The highest BCUT2D eigenvalue weighted by Gasteiger charge is 2.12. The van der Waals surface area contributed by atoms with Gasteiger partial charge in [-0.2, -0.15) is 11.8 Å². The van der Waals surface area contributed by atoms with Crippen molar-refractivity contribution in [2.24, 2.45) is 5.73 Å². The van der Waals surface area contributed by atoms with Gasteiger partial charge in [0.05, 0.1) is 0 Å². The third kappa shape index (κ3) is 4.18. The SMILES string of the molecule is CCC(SC(C)C)C(C)N. The van der Waals surface area contributed by atoms with Crippen molar-refractivity contribution >= 4 is 11.8 Å². The first kappa shape index (κ1) is 10.3. The molecule has 0 bridgehead atoms. The molecule has 0 aliphatic heterocycles. The van der Waals surface area contributed by atoms with Crippen LogP contribution in [0.3, 0.4) is 0 Å². The molecular formula is C8H19NS. The van der Waals surface area contributed by atoms with Gasteiger partial charge < -0.3 is 5.73 Å². The van der Waals surface area contributed by atoms with Crippen LogP contribution < -0.4 is 5.73 Å². The Morgan fingerprint density at radius 3 is 1.90 bits per heavy atom. The second kappa shape index (κ2) is 5.03. The van der Waals surface area contributed by atoms with E-state index < -0.39 is 0 Å². The smallest absolute Gasteiger partial charge is 0.0196 e. The molecule has 0 aromatic rings. The van der Waals surface area contributed by atoms with Crippen LogP contribution in [-0.4, -0.2) is 16.5 Å². The van der Waals surface area contributed by atoms with Gasteiger partial charge in [0.2, 0.25) is 0 Å². The average Bonchev–Trinajstić information content (AvgIpc) is 1.81. The molecule has 2 unspecified atom stereocenters. The van der Waals surface area contributed by atoms with Gasteiger partial charge in [-0.3, -0.25) is 0 Å². The molecule has 0 spiro atoms. The van der Waals surface area contributed by atoms with Crippen LogP contribution in [0.15, 0.2) is 0 Å². The van der Waals surface area contributed by atoms with Crippen molar-refractivity contribution in [1.82, 2.24) is 0 Å². The predicted octanol–water partition coefficient (Wildman–Crippen LogP) is 2.25. The maximum absolute atomic E-state index is 5.77. The number of hydrogen-bond donors (Lipinski definition) is 1. The highest BCUT2D eigenvalue weighted by atomic mass is 32.2. The lowest BCUT2D eigenvalue weighted by Gasteiger charge is -2.20. The minimum Gasteiger partial charge on any atom is -0.327 e. The molecule has 62 valence electrons. The first-order valence-electron chi connectivity index (χ1n) is 3.99. The molecule has 1 nitrogen and oxygen atoms in total. The molecule has 0 rings (SSSR count). The molecule has 0 aliphatic rings. The van der Waals surface area contributed by atoms with E-state index in [1.54, 1.807) is 0 Å². The Morgan fingerprint density at radius 1 is 1.30 bits per heavy atom. The van der Waals surface area contributed by atoms with Crippen molar-refractivity contribution in [3.05, 3.63) is 0 Å². The molecule has 2 heteroatoms. The molecule has 2 N–H and O–H groups in total. The first-order valence-corrected chi connectivity index (χ1v) is 4.93. The zero-order valence-electron chi connectivity index (χ0n) is 7.42. The van der Waals surface area contributed by atoms with Crippen LogP contribution in [0, 0.1) is 0 Å². The van der Waals surface area contributed by atoms with E-state index in [4.69, 9.17) is 5.73 Å². The number of nitrogens with two attached hydrogens (primary N) is 1. The fourth-order valence-electron chi connectivity index (χ4n) is 0.942. The van der Waals surface area contributed by atoms with E-state index in [-0.39, 0.29) is 0 Å². The van der Waals surface area contributed by atoms with Crippen LogP contribution in [0.25, 0.3) is 0 Å². The van der Waals surface area contributed by atoms with Crippen molar-refractivity contribution in [2.75, 3.05) is 0 Å². The fourth-order valence-corrected chi connectivity index (χ4v) is 2.08. The van der Waals surface area contributed by atoms with Crippen molar-refractivity contribution in [1.29, 1.82) is 0 Å². The average molecular weight is 161 g/mol. The fraction of sp³-hybridized carbons (Fsp3) is 1.00. The summed E-state index contributed by atoms with van der Waals surface area (Å²) in [4.78, 5) is 0. The van der Waals surface area contributed by atoms with Crippen LogP contribution in [0.2, 0.25) is 0 Å². The predicted molar refractivity (Wildman–Crippen MR) is 50.5 cm³/mol. The third-order valence-electron chi connectivity index (χ3n) is 1.44. The summed E-state index contributed by atoms with van der Waals surface area (Å²) in [6.07, 6.45) is 1.18. The van der Waals surface area contributed by atoms with Gasteiger partial charge in [0.1, 0.15) is 0 Å². The van der Waals surface area contributed by atoms with Gasteiger partial charge in [-0.15, -0.1) is 0 Å². The Labute approximate surface area is 68.8 Å². The van der Waals surface area contributed by atoms with Crippen LogP contribution in [0.1, 0.15) is 34.1 Å². The lowest BCUT2D eigenvalue weighted by molar-refractivity contribution is 0.668. The summed E-state index contributed by atoms with van der Waals surface area (Å²) < 4.78 is 0.